The largest absolute Gasteiger partial charge is 0.301 e. The molecule has 0 amide bonds. The molecule has 0 aromatic rings. The Balaban J connectivity index is 2.54. The Bertz CT molecular complexity index is 319. The second-order valence-electron chi connectivity index (χ2n) is 5.19. The van der Waals surface area contributed by atoms with Gasteiger partial charge in [0.1, 0.15) is 0 Å². The first-order chi connectivity index (χ1) is 7.88. The first-order valence-corrected chi connectivity index (χ1v) is 8.19. The van der Waals surface area contributed by atoms with Gasteiger partial charge >= 0.3 is 0 Å². The average Bonchev–Trinajstić information content (AvgIpc) is 2.28. The van der Waals surface area contributed by atoms with Gasteiger partial charge in [-0.3, -0.25) is 0 Å². The van der Waals surface area contributed by atoms with Gasteiger partial charge in [0.2, 0.25) is 10.0 Å². The Kier molecular flexibility index (Phi) is 5.41. The molecular weight excluding hydrogens is 236 g/mol. The summed E-state index contributed by atoms with van der Waals surface area (Å²) >= 11 is 0. The molecule has 0 bridgehead atoms. The fraction of sp³-hybridized carbons (Fsp3) is 1.00. The summed E-state index contributed by atoms with van der Waals surface area (Å²) in [6.07, 6.45) is 2.60. The molecule has 0 aromatic heterocycles. The molecule has 1 rings (SSSR count). The minimum Gasteiger partial charge on any atom is -0.301 e. The molecular formula is C12H26N2O2S. The summed E-state index contributed by atoms with van der Waals surface area (Å²) in [7, 11) is -1.30. The number of hydrogen-bond donors (Lipinski definition) is 0. The zero-order valence-electron chi connectivity index (χ0n) is 11.5. The van der Waals surface area contributed by atoms with Crippen molar-refractivity contribution in [2.24, 2.45) is 0 Å². The van der Waals surface area contributed by atoms with E-state index in [1.165, 1.54) is 0 Å². The quantitative estimate of drug-likeness (QED) is 0.754. The Morgan fingerprint density at radius 3 is 2.24 bits per heavy atom. The van der Waals surface area contributed by atoms with Crippen LogP contribution in [0.25, 0.3) is 0 Å². The van der Waals surface area contributed by atoms with E-state index in [-0.39, 0.29) is 11.8 Å². The lowest BCUT2D eigenvalue weighted by Crippen LogP contribution is -2.47. The molecule has 0 spiro atoms. The van der Waals surface area contributed by atoms with Crippen LogP contribution in [0.4, 0.5) is 0 Å². The minimum absolute atomic E-state index is 0.196. The second kappa shape index (κ2) is 6.16. The number of rotatable bonds is 5. The molecule has 5 heteroatoms. The summed E-state index contributed by atoms with van der Waals surface area (Å²) in [6, 6.07) is 0.759. The summed E-state index contributed by atoms with van der Waals surface area (Å²) in [6.45, 7) is 8.31. The monoisotopic (exact) mass is 262 g/mol. The summed E-state index contributed by atoms with van der Waals surface area (Å²) < 4.78 is 25.5. The zero-order chi connectivity index (χ0) is 13.1. The van der Waals surface area contributed by atoms with Gasteiger partial charge < -0.3 is 4.90 Å². The predicted molar refractivity (Wildman–Crippen MR) is 71.6 cm³/mol. The molecule has 0 aliphatic carbocycles. The SMILES string of the molecule is CCCS(=O)(=O)N(C)C1CCN(C(C)C)CC1. The van der Waals surface area contributed by atoms with Crippen LogP contribution in [0.15, 0.2) is 0 Å². The molecule has 1 aliphatic heterocycles. The number of hydrogen-bond acceptors (Lipinski definition) is 3. The highest BCUT2D eigenvalue weighted by molar-refractivity contribution is 7.89. The average molecular weight is 262 g/mol. The number of piperidine rings is 1. The molecule has 0 radical (unpaired) electrons. The third kappa shape index (κ3) is 3.93. The third-order valence-corrected chi connectivity index (χ3v) is 5.74. The van der Waals surface area contributed by atoms with Crippen molar-refractivity contribution in [1.82, 2.24) is 9.21 Å². The molecule has 102 valence electrons. The minimum atomic E-state index is -3.03. The fourth-order valence-electron chi connectivity index (χ4n) is 2.39. The van der Waals surface area contributed by atoms with E-state index < -0.39 is 10.0 Å². The molecule has 1 aliphatic rings. The van der Waals surface area contributed by atoms with E-state index in [2.05, 4.69) is 18.7 Å². The van der Waals surface area contributed by atoms with Crippen LogP contribution in [-0.4, -0.2) is 55.6 Å². The molecule has 1 fully saturated rings. The molecule has 0 saturated carbocycles. The van der Waals surface area contributed by atoms with Crippen molar-refractivity contribution < 1.29 is 8.42 Å². The van der Waals surface area contributed by atoms with Crippen molar-refractivity contribution in [2.45, 2.75) is 52.1 Å². The van der Waals surface area contributed by atoms with Crippen molar-refractivity contribution >= 4 is 10.0 Å². The number of likely N-dealkylation sites (tertiary alicyclic amines) is 1. The summed E-state index contributed by atoms with van der Waals surface area (Å²) in [4.78, 5) is 2.41. The van der Waals surface area contributed by atoms with Crippen molar-refractivity contribution in [3.63, 3.8) is 0 Å². The molecule has 4 nitrogen and oxygen atoms in total. The molecule has 0 atom stereocenters. The first-order valence-electron chi connectivity index (χ1n) is 6.58. The second-order valence-corrected chi connectivity index (χ2v) is 7.34. The van der Waals surface area contributed by atoms with Crippen LogP contribution >= 0.6 is 0 Å². The predicted octanol–water partition coefficient (Wildman–Crippen LogP) is 1.53. The van der Waals surface area contributed by atoms with E-state index >= 15 is 0 Å². The number of sulfonamides is 1. The fourth-order valence-corrected chi connectivity index (χ4v) is 3.86. The molecule has 17 heavy (non-hydrogen) atoms. The normalized spacial score (nSPS) is 20.4. The van der Waals surface area contributed by atoms with Crippen LogP contribution in [0.2, 0.25) is 0 Å². The Morgan fingerprint density at radius 1 is 1.29 bits per heavy atom. The van der Waals surface area contributed by atoms with E-state index in [1.54, 1.807) is 11.4 Å². The number of nitrogens with zero attached hydrogens (tertiary/aromatic N) is 2. The molecule has 0 unspecified atom stereocenters. The standard InChI is InChI=1S/C12H26N2O2S/c1-5-10-17(15,16)13(4)12-6-8-14(9-7-12)11(2)3/h11-12H,5-10H2,1-4H3. The van der Waals surface area contributed by atoms with Gasteiger partial charge in [0.15, 0.2) is 0 Å². The van der Waals surface area contributed by atoms with E-state index in [4.69, 9.17) is 0 Å². The maximum Gasteiger partial charge on any atom is 0.214 e. The summed E-state index contributed by atoms with van der Waals surface area (Å²) in [5, 5.41) is 0. The maximum absolute atomic E-state index is 12.0. The Hall–Kier alpha value is -0.130. The van der Waals surface area contributed by atoms with Crippen molar-refractivity contribution in [3.8, 4) is 0 Å². The summed E-state index contributed by atoms with van der Waals surface area (Å²) in [5.74, 6) is 0.272. The van der Waals surface area contributed by atoms with E-state index in [1.807, 2.05) is 6.92 Å². The highest BCUT2D eigenvalue weighted by atomic mass is 32.2. The van der Waals surface area contributed by atoms with Crippen LogP contribution < -0.4 is 0 Å². The molecule has 1 saturated heterocycles. The Labute approximate surface area is 106 Å². The molecule has 1 heterocycles. The van der Waals surface area contributed by atoms with Gasteiger partial charge in [-0.25, -0.2) is 12.7 Å². The smallest absolute Gasteiger partial charge is 0.214 e. The van der Waals surface area contributed by atoms with Gasteiger partial charge in [-0.1, -0.05) is 6.92 Å². The zero-order valence-corrected chi connectivity index (χ0v) is 12.3. The third-order valence-electron chi connectivity index (χ3n) is 3.64. The highest BCUT2D eigenvalue weighted by Gasteiger charge is 2.29. The van der Waals surface area contributed by atoms with Crippen molar-refractivity contribution in [1.29, 1.82) is 0 Å². The van der Waals surface area contributed by atoms with Crippen LogP contribution in [-0.2, 0) is 10.0 Å². The van der Waals surface area contributed by atoms with Crippen molar-refractivity contribution in [3.05, 3.63) is 0 Å². The lowest BCUT2D eigenvalue weighted by atomic mass is 10.0. The Morgan fingerprint density at radius 2 is 1.82 bits per heavy atom. The van der Waals surface area contributed by atoms with Crippen LogP contribution in [0.3, 0.4) is 0 Å². The topological polar surface area (TPSA) is 40.6 Å². The van der Waals surface area contributed by atoms with Crippen molar-refractivity contribution in [2.75, 3.05) is 25.9 Å². The van der Waals surface area contributed by atoms with E-state index in [0.29, 0.717) is 12.5 Å². The lowest BCUT2D eigenvalue weighted by molar-refractivity contribution is 0.140. The van der Waals surface area contributed by atoms with Gasteiger partial charge in [-0.05, 0) is 46.2 Å². The highest BCUT2D eigenvalue weighted by Crippen LogP contribution is 2.19. The van der Waals surface area contributed by atoms with Crippen LogP contribution in [0.5, 0.6) is 0 Å². The van der Waals surface area contributed by atoms with Crippen LogP contribution in [0.1, 0.15) is 40.0 Å². The first kappa shape index (κ1) is 14.9. The van der Waals surface area contributed by atoms with Gasteiger partial charge in [0, 0.05) is 19.1 Å². The van der Waals surface area contributed by atoms with Gasteiger partial charge in [0.25, 0.3) is 0 Å². The lowest BCUT2D eigenvalue weighted by Gasteiger charge is -2.37. The van der Waals surface area contributed by atoms with Crippen LogP contribution in [0, 0.1) is 0 Å². The van der Waals surface area contributed by atoms with Gasteiger partial charge in [-0.2, -0.15) is 0 Å². The van der Waals surface area contributed by atoms with Gasteiger partial charge in [0.05, 0.1) is 5.75 Å². The molecule has 0 aromatic carbocycles. The van der Waals surface area contributed by atoms with E-state index in [0.717, 1.165) is 25.9 Å². The van der Waals surface area contributed by atoms with E-state index in [9.17, 15) is 8.42 Å². The molecule has 0 N–H and O–H groups in total. The maximum atomic E-state index is 12.0. The van der Waals surface area contributed by atoms with Gasteiger partial charge in [-0.15, -0.1) is 0 Å². The summed E-state index contributed by atoms with van der Waals surface area (Å²) in [5.41, 5.74) is 0.